The first-order valence-electron chi connectivity index (χ1n) is 7.79. The minimum absolute atomic E-state index is 0.0556. The van der Waals surface area contributed by atoms with Crippen molar-refractivity contribution in [3.8, 4) is 0 Å². The molecule has 0 spiro atoms. The van der Waals surface area contributed by atoms with Crippen molar-refractivity contribution in [3.63, 3.8) is 0 Å². The van der Waals surface area contributed by atoms with E-state index < -0.39 is 30.6 Å². The molecule has 1 heterocycles. The van der Waals surface area contributed by atoms with E-state index in [2.05, 4.69) is 0 Å². The highest BCUT2D eigenvalue weighted by molar-refractivity contribution is 5.26. The van der Waals surface area contributed by atoms with Crippen molar-refractivity contribution in [3.05, 3.63) is 35.4 Å². The fourth-order valence-electron chi connectivity index (χ4n) is 2.18. The number of likely N-dealkylation sites (N-methyl/N-ethyl adjacent to an activating group) is 1. The van der Waals surface area contributed by atoms with Crippen molar-refractivity contribution >= 4 is 0 Å². The number of likely N-dealkylation sites (tertiary alicyclic amines) is 1. The van der Waals surface area contributed by atoms with E-state index in [1.165, 1.54) is 13.2 Å². The third-order valence-electron chi connectivity index (χ3n) is 3.23. The fourth-order valence-corrected chi connectivity index (χ4v) is 2.18. The summed E-state index contributed by atoms with van der Waals surface area (Å²) < 4.78 is 69.5. The van der Waals surface area contributed by atoms with Gasteiger partial charge in [-0.3, -0.25) is 0 Å². The number of methoxy groups -OCH3 is 1. The Labute approximate surface area is 107 Å². The average Bonchev–Trinajstić information content (AvgIpc) is 2.87. The van der Waals surface area contributed by atoms with E-state index in [9.17, 15) is 8.78 Å². The van der Waals surface area contributed by atoms with Crippen LogP contribution in [0.2, 0.25) is 0 Å². The molecule has 0 N–H and O–H groups in total. The van der Waals surface area contributed by atoms with Crippen molar-refractivity contribution < 1.29 is 20.4 Å². The molecule has 0 amide bonds. The van der Waals surface area contributed by atoms with Gasteiger partial charge in [0.15, 0.2) is 11.6 Å². The van der Waals surface area contributed by atoms with Gasteiger partial charge in [0.1, 0.15) is 5.60 Å². The second kappa shape index (κ2) is 4.70. The highest BCUT2D eigenvalue weighted by Crippen LogP contribution is 2.35. The average molecular weight is 246 g/mol. The molecule has 17 heavy (non-hydrogen) atoms. The van der Waals surface area contributed by atoms with E-state index >= 15 is 0 Å². The lowest BCUT2D eigenvalue weighted by Gasteiger charge is -2.28. The van der Waals surface area contributed by atoms with Gasteiger partial charge in [0.2, 0.25) is 0 Å². The summed E-state index contributed by atoms with van der Waals surface area (Å²) in [6, 6.07) is 3.36. The van der Waals surface area contributed by atoms with Crippen molar-refractivity contribution in [2.45, 2.75) is 18.9 Å². The van der Waals surface area contributed by atoms with Crippen LogP contribution < -0.4 is 0 Å². The van der Waals surface area contributed by atoms with Gasteiger partial charge in [-0.1, -0.05) is 12.9 Å². The Hall–Kier alpha value is -1.00. The van der Waals surface area contributed by atoms with E-state index in [0.717, 1.165) is 17.0 Å². The molecule has 1 atom stereocenters. The van der Waals surface area contributed by atoms with Crippen molar-refractivity contribution in [1.29, 1.82) is 0 Å². The molecule has 1 unspecified atom stereocenters. The topological polar surface area (TPSA) is 12.5 Å². The van der Waals surface area contributed by atoms with Crippen LogP contribution in [-0.2, 0) is 10.3 Å². The monoisotopic (exact) mass is 246 g/mol. The highest BCUT2D eigenvalue weighted by Gasteiger charge is 2.39. The quantitative estimate of drug-likeness (QED) is 0.812. The molecule has 1 aliphatic heterocycles. The third-order valence-corrected chi connectivity index (χ3v) is 3.23. The highest BCUT2D eigenvalue weighted by atomic mass is 19.2. The van der Waals surface area contributed by atoms with E-state index in [1.807, 2.05) is 0 Å². The zero-order valence-electron chi connectivity index (χ0n) is 14.5. The number of halogens is 2. The van der Waals surface area contributed by atoms with E-state index in [-0.39, 0.29) is 19.5 Å². The predicted molar refractivity (Wildman–Crippen MR) is 61.8 cm³/mol. The zero-order valence-corrected chi connectivity index (χ0v) is 9.46. The molecule has 0 bridgehead atoms. The Morgan fingerprint density at radius 3 is 3.00 bits per heavy atom. The number of nitrogens with zero attached hydrogens (tertiary/aromatic N) is 1. The van der Waals surface area contributed by atoms with Gasteiger partial charge in [0.25, 0.3) is 0 Å². The molecule has 4 heteroatoms. The van der Waals surface area contributed by atoms with Crippen LogP contribution in [0.25, 0.3) is 0 Å². The SMILES string of the molecule is [2H]C([2H])([2H])C([2H])([2H])N1CCC(OC)(c2ccc(F)c(F)c2)C1. The van der Waals surface area contributed by atoms with E-state index in [4.69, 9.17) is 11.6 Å². The molecule has 0 saturated carbocycles. The van der Waals surface area contributed by atoms with Crippen LogP contribution in [0.3, 0.4) is 0 Å². The van der Waals surface area contributed by atoms with Crippen LogP contribution in [-0.4, -0.2) is 31.6 Å². The summed E-state index contributed by atoms with van der Waals surface area (Å²) in [5, 5.41) is 0. The van der Waals surface area contributed by atoms with Crippen LogP contribution in [0.1, 0.15) is 25.7 Å². The van der Waals surface area contributed by atoms with Crippen LogP contribution in [0.4, 0.5) is 8.78 Å². The minimum atomic E-state index is -2.81. The van der Waals surface area contributed by atoms with Gasteiger partial charge < -0.3 is 9.64 Å². The van der Waals surface area contributed by atoms with Gasteiger partial charge in [-0.15, -0.1) is 0 Å². The third kappa shape index (κ3) is 2.19. The van der Waals surface area contributed by atoms with Crippen molar-refractivity contribution in [2.24, 2.45) is 0 Å². The number of rotatable bonds is 3. The van der Waals surface area contributed by atoms with Crippen LogP contribution in [0.15, 0.2) is 18.2 Å². The summed E-state index contributed by atoms with van der Waals surface area (Å²) in [7, 11) is 1.38. The van der Waals surface area contributed by atoms with Crippen molar-refractivity contribution in [2.75, 3.05) is 26.7 Å². The van der Waals surface area contributed by atoms with Crippen LogP contribution in [0.5, 0.6) is 0 Å². The Balaban J connectivity index is 2.33. The van der Waals surface area contributed by atoms with E-state index in [1.54, 1.807) is 0 Å². The van der Waals surface area contributed by atoms with Crippen LogP contribution in [0, 0.1) is 11.6 Å². The molecule has 1 aliphatic rings. The second-order valence-electron chi connectivity index (χ2n) is 4.11. The standard InChI is InChI=1S/C13H17F2NO/c1-3-16-7-6-13(9-16,17-2)10-4-5-11(14)12(15)8-10/h4-5,8H,3,6-7,9H2,1-2H3/i1D3,3D2. The van der Waals surface area contributed by atoms with Gasteiger partial charge in [-0.2, -0.15) is 0 Å². The molecule has 2 rings (SSSR count). The molecule has 0 aromatic heterocycles. The first kappa shape index (κ1) is 7.44. The summed E-state index contributed by atoms with van der Waals surface area (Å²) in [5.41, 5.74) is -0.703. The molecule has 1 fully saturated rings. The Morgan fingerprint density at radius 1 is 1.53 bits per heavy atom. The first-order valence-corrected chi connectivity index (χ1v) is 5.29. The van der Waals surface area contributed by atoms with Gasteiger partial charge in [0, 0.05) is 27.1 Å². The lowest BCUT2D eigenvalue weighted by Crippen LogP contribution is -2.33. The molecule has 2 nitrogen and oxygen atoms in total. The molecular formula is C13H17F2NO. The smallest absolute Gasteiger partial charge is 0.159 e. The van der Waals surface area contributed by atoms with Gasteiger partial charge in [-0.25, -0.2) is 8.78 Å². The molecule has 1 aromatic rings. The fraction of sp³-hybridized carbons (Fsp3) is 0.538. The Morgan fingerprint density at radius 2 is 2.35 bits per heavy atom. The number of hydrogen-bond donors (Lipinski definition) is 0. The molecule has 1 aromatic carbocycles. The lowest BCUT2D eigenvalue weighted by atomic mass is 9.92. The summed E-state index contributed by atoms with van der Waals surface area (Å²) >= 11 is 0. The number of hydrogen-bond acceptors (Lipinski definition) is 2. The maximum Gasteiger partial charge on any atom is 0.159 e. The lowest BCUT2D eigenvalue weighted by molar-refractivity contribution is -0.00574. The molecular weight excluding hydrogens is 224 g/mol. The van der Waals surface area contributed by atoms with Gasteiger partial charge in [-0.05, 0) is 30.6 Å². The number of benzene rings is 1. The molecule has 0 radical (unpaired) electrons. The molecule has 1 saturated heterocycles. The van der Waals surface area contributed by atoms with Crippen LogP contribution >= 0.6 is 0 Å². The summed E-state index contributed by atoms with van der Waals surface area (Å²) in [6.45, 7) is -5.26. The minimum Gasteiger partial charge on any atom is -0.372 e. The zero-order chi connectivity index (χ0) is 16.8. The maximum absolute atomic E-state index is 13.5. The maximum atomic E-state index is 13.5. The number of ether oxygens (including phenoxy) is 1. The Kier molecular flexibility index (Phi) is 2.06. The first-order chi connectivity index (χ1) is 10.0. The van der Waals surface area contributed by atoms with E-state index in [0.29, 0.717) is 5.56 Å². The molecule has 94 valence electrons. The second-order valence-corrected chi connectivity index (χ2v) is 4.11. The summed E-state index contributed by atoms with van der Waals surface area (Å²) in [4.78, 5) is 1.16. The summed E-state index contributed by atoms with van der Waals surface area (Å²) in [5.74, 6) is -2.01. The largest absolute Gasteiger partial charge is 0.372 e. The predicted octanol–water partition coefficient (Wildman–Crippen LogP) is 2.53. The van der Waals surface area contributed by atoms with Crippen molar-refractivity contribution in [1.82, 2.24) is 4.90 Å². The normalized spacial score (nSPS) is 31.4. The van der Waals surface area contributed by atoms with Gasteiger partial charge in [0.05, 0.1) is 0 Å². The Bertz CT molecular complexity index is 566. The molecule has 0 aliphatic carbocycles. The van der Waals surface area contributed by atoms with Gasteiger partial charge >= 0.3 is 0 Å². The summed E-state index contributed by atoms with van der Waals surface area (Å²) in [6.07, 6.45) is 0.282.